The fourth-order valence-corrected chi connectivity index (χ4v) is 9.35. The van der Waals surface area contributed by atoms with Crippen LogP contribution in [0.25, 0.3) is 0 Å². The zero-order valence-electron chi connectivity index (χ0n) is 19.7. The number of ether oxygens (including phenoxy) is 5. The maximum atomic E-state index is 12.3. The van der Waals surface area contributed by atoms with Gasteiger partial charge in [-0.3, -0.25) is 0 Å². The third-order valence-electron chi connectivity index (χ3n) is 11.1. The molecule has 3 saturated heterocycles. The van der Waals surface area contributed by atoms with Crippen LogP contribution in [0.1, 0.15) is 59.3 Å². The minimum atomic E-state index is -0.473. The number of rotatable bonds is 4. The Bertz CT molecular complexity index is 991. The number of esters is 1. The highest BCUT2D eigenvalue weighted by molar-refractivity contribution is 5.92. The van der Waals surface area contributed by atoms with Gasteiger partial charge in [-0.15, -0.1) is 0 Å². The fourth-order valence-electron chi connectivity index (χ4n) is 9.35. The third-order valence-corrected chi connectivity index (χ3v) is 11.1. The van der Waals surface area contributed by atoms with E-state index in [9.17, 15) is 9.90 Å². The van der Waals surface area contributed by atoms with E-state index in [-0.39, 0.29) is 53.4 Å². The number of carbonyl (C=O) groups excluding carboxylic acids is 1. The summed E-state index contributed by atoms with van der Waals surface area (Å²) in [7, 11) is 0. The van der Waals surface area contributed by atoms with Crippen LogP contribution >= 0.6 is 0 Å². The van der Waals surface area contributed by atoms with Crippen LogP contribution in [-0.2, 0) is 28.5 Å². The number of hydrogen-bond donors (Lipinski definition) is 1. The molecule has 2 spiro atoms. The van der Waals surface area contributed by atoms with Crippen LogP contribution < -0.4 is 0 Å². The van der Waals surface area contributed by atoms with Crippen molar-refractivity contribution < 1.29 is 33.6 Å². The van der Waals surface area contributed by atoms with Crippen LogP contribution in [0.5, 0.6) is 0 Å². The molecular weight excluding hydrogens is 424 g/mol. The molecular formula is C26H34O7. The number of aliphatic hydroxyl groups excluding tert-OH is 1. The van der Waals surface area contributed by atoms with Crippen molar-refractivity contribution in [2.75, 3.05) is 13.2 Å². The number of cyclic esters (lactones) is 1. The quantitative estimate of drug-likeness (QED) is 0.510. The molecule has 180 valence electrons. The van der Waals surface area contributed by atoms with Gasteiger partial charge in [-0.1, -0.05) is 20.8 Å². The second kappa shape index (κ2) is 5.86. The van der Waals surface area contributed by atoms with Gasteiger partial charge in [0, 0.05) is 11.0 Å². The Labute approximate surface area is 194 Å². The van der Waals surface area contributed by atoms with Gasteiger partial charge < -0.3 is 28.8 Å². The summed E-state index contributed by atoms with van der Waals surface area (Å²) in [6.45, 7) is 7.88. The van der Waals surface area contributed by atoms with E-state index < -0.39 is 11.2 Å². The largest absolute Gasteiger partial charge is 0.458 e. The zero-order valence-corrected chi connectivity index (χ0v) is 19.7. The normalized spacial score (nSPS) is 59.2. The molecule has 4 aliphatic carbocycles. The van der Waals surface area contributed by atoms with Gasteiger partial charge in [-0.2, -0.15) is 0 Å². The second-order valence-electron chi connectivity index (χ2n) is 12.6. The van der Waals surface area contributed by atoms with Gasteiger partial charge >= 0.3 is 5.97 Å². The van der Waals surface area contributed by atoms with Gasteiger partial charge in [0.1, 0.15) is 36.1 Å². The minimum absolute atomic E-state index is 0.0334. The average Bonchev–Trinajstić information content (AvgIpc) is 3.69. The minimum Gasteiger partial charge on any atom is -0.458 e. The Kier molecular flexibility index (Phi) is 3.59. The third kappa shape index (κ3) is 2.04. The van der Waals surface area contributed by atoms with E-state index in [2.05, 4.69) is 20.8 Å². The number of hydrogen-bond acceptors (Lipinski definition) is 7. The number of epoxide rings is 3. The summed E-state index contributed by atoms with van der Waals surface area (Å²) in [6, 6.07) is 0. The van der Waals surface area contributed by atoms with E-state index >= 15 is 0 Å². The molecule has 3 saturated carbocycles. The highest BCUT2D eigenvalue weighted by atomic mass is 16.8. The van der Waals surface area contributed by atoms with Gasteiger partial charge in [0.05, 0.1) is 18.8 Å². The predicted octanol–water partition coefficient (Wildman–Crippen LogP) is 2.29. The highest BCUT2D eigenvalue weighted by Gasteiger charge is 3.00. The molecule has 1 N–H and O–H groups in total. The first-order chi connectivity index (χ1) is 15.8. The zero-order chi connectivity index (χ0) is 22.5. The molecule has 11 unspecified atom stereocenters. The maximum Gasteiger partial charge on any atom is 0.334 e. The van der Waals surface area contributed by atoms with E-state index in [1.165, 1.54) is 5.57 Å². The number of aliphatic hydroxyl groups is 1. The molecule has 0 amide bonds. The first-order valence-corrected chi connectivity index (χ1v) is 13.0. The molecule has 0 aromatic carbocycles. The number of carbonyl (C=O) groups is 1. The maximum absolute atomic E-state index is 12.3. The fraction of sp³-hybridized carbons (Fsp3) is 0.885. The molecule has 6 fully saturated rings. The van der Waals surface area contributed by atoms with Crippen molar-refractivity contribution in [1.82, 2.24) is 0 Å². The average molecular weight is 459 g/mol. The lowest BCUT2D eigenvalue weighted by molar-refractivity contribution is -0.136. The van der Waals surface area contributed by atoms with Crippen molar-refractivity contribution in [1.29, 1.82) is 0 Å². The van der Waals surface area contributed by atoms with Gasteiger partial charge in [0.25, 0.3) is 0 Å². The summed E-state index contributed by atoms with van der Waals surface area (Å²) in [5.74, 6) is 0.809. The molecule has 0 aromatic heterocycles. The summed E-state index contributed by atoms with van der Waals surface area (Å²) in [4.78, 5) is 12.3. The van der Waals surface area contributed by atoms with E-state index in [1.54, 1.807) is 0 Å². The first kappa shape index (κ1) is 20.2. The highest BCUT2D eigenvalue weighted by Crippen LogP contribution is 2.83. The second-order valence-corrected chi connectivity index (χ2v) is 12.6. The van der Waals surface area contributed by atoms with Crippen molar-refractivity contribution in [2.45, 2.75) is 107 Å². The molecule has 4 aliphatic heterocycles. The van der Waals surface area contributed by atoms with Crippen LogP contribution in [0.15, 0.2) is 11.1 Å². The molecule has 7 nitrogen and oxygen atoms in total. The number of fused-ring (bicyclic) bond motifs is 4. The van der Waals surface area contributed by atoms with Gasteiger partial charge in [-0.05, 0) is 61.9 Å². The lowest BCUT2D eigenvalue weighted by Gasteiger charge is -2.54. The first-order valence-electron chi connectivity index (χ1n) is 13.0. The Morgan fingerprint density at radius 1 is 1.15 bits per heavy atom. The summed E-state index contributed by atoms with van der Waals surface area (Å²) in [6.07, 6.45) is 5.02. The van der Waals surface area contributed by atoms with Crippen molar-refractivity contribution in [3.8, 4) is 0 Å². The topological polar surface area (TPSA) is 93.4 Å². The van der Waals surface area contributed by atoms with Crippen molar-refractivity contribution in [3.05, 3.63) is 11.1 Å². The molecule has 0 radical (unpaired) electrons. The van der Waals surface area contributed by atoms with Gasteiger partial charge in [-0.25, -0.2) is 4.79 Å². The van der Waals surface area contributed by atoms with Crippen LogP contribution in [0.3, 0.4) is 0 Å². The Hall–Kier alpha value is -0.990. The van der Waals surface area contributed by atoms with Gasteiger partial charge in [0.15, 0.2) is 5.60 Å². The molecule has 8 aliphatic rings. The van der Waals surface area contributed by atoms with E-state index in [0.717, 1.165) is 44.1 Å². The molecule has 7 heteroatoms. The molecule has 0 bridgehead atoms. The Balaban J connectivity index is 1.19. The lowest BCUT2D eigenvalue weighted by atomic mass is 9.46. The monoisotopic (exact) mass is 458 g/mol. The standard InChI is InChI=1S/C26H34O7/c1-12(2)24-19(32-24)20-26(33-20)23(3)7-6-15-16(11-29-21(15)28)17(23)9-18-25(26,31-18)22(24)30-10-13-4-5-14(27)8-13/h12-14,17-20,22,27H,4-11H2,1-3H3. The molecule has 0 aromatic rings. The van der Waals surface area contributed by atoms with E-state index in [0.29, 0.717) is 25.0 Å². The van der Waals surface area contributed by atoms with Crippen molar-refractivity contribution in [2.24, 2.45) is 23.2 Å². The van der Waals surface area contributed by atoms with Crippen molar-refractivity contribution >= 4 is 5.97 Å². The molecule has 33 heavy (non-hydrogen) atoms. The van der Waals surface area contributed by atoms with Crippen molar-refractivity contribution in [3.63, 3.8) is 0 Å². The Morgan fingerprint density at radius 3 is 2.76 bits per heavy atom. The van der Waals surface area contributed by atoms with Crippen LogP contribution in [0.2, 0.25) is 0 Å². The summed E-state index contributed by atoms with van der Waals surface area (Å²) in [5.41, 5.74) is 0.720. The van der Waals surface area contributed by atoms with Crippen LogP contribution in [0, 0.1) is 23.2 Å². The van der Waals surface area contributed by atoms with Crippen LogP contribution in [-0.4, -0.2) is 71.6 Å². The molecule has 8 rings (SSSR count). The molecule has 4 heterocycles. The van der Waals surface area contributed by atoms with E-state index in [1.807, 2.05) is 0 Å². The smallest absolute Gasteiger partial charge is 0.334 e. The summed E-state index contributed by atoms with van der Waals surface area (Å²) < 4.78 is 32.4. The van der Waals surface area contributed by atoms with Gasteiger partial charge in [0.2, 0.25) is 0 Å². The summed E-state index contributed by atoms with van der Waals surface area (Å²) >= 11 is 0. The van der Waals surface area contributed by atoms with E-state index in [4.69, 9.17) is 23.7 Å². The predicted molar refractivity (Wildman–Crippen MR) is 114 cm³/mol. The Morgan fingerprint density at radius 2 is 2.00 bits per heavy atom. The SMILES string of the molecule is CC(C)C12OC1C1OC13C1(C)CCC4=C(COC4=O)C1CC1OC13C2OCC1CCC(O)C1. The molecule has 11 atom stereocenters. The lowest BCUT2D eigenvalue weighted by Crippen LogP contribution is -2.69. The summed E-state index contributed by atoms with van der Waals surface area (Å²) in [5, 5.41) is 10.0. The van der Waals surface area contributed by atoms with Crippen LogP contribution in [0.4, 0.5) is 0 Å².